The molecule has 1 nitrogen and oxygen atoms in total. The van der Waals surface area contributed by atoms with Gasteiger partial charge in [0, 0.05) is 6.42 Å². The fourth-order valence-electron chi connectivity index (χ4n) is 2.42. The van der Waals surface area contributed by atoms with Crippen molar-refractivity contribution in [3.05, 3.63) is 28.8 Å². The highest BCUT2D eigenvalue weighted by atomic mass is 16.5. The Labute approximate surface area is 105 Å². The van der Waals surface area contributed by atoms with E-state index in [1.165, 1.54) is 16.7 Å². The van der Waals surface area contributed by atoms with Crippen molar-refractivity contribution < 1.29 is 4.74 Å². The van der Waals surface area contributed by atoms with Crippen LogP contribution >= 0.6 is 0 Å². The Morgan fingerprint density at radius 1 is 1.24 bits per heavy atom. The zero-order chi connectivity index (χ0) is 12.8. The van der Waals surface area contributed by atoms with Crippen LogP contribution in [-0.2, 0) is 0 Å². The third-order valence-corrected chi connectivity index (χ3v) is 3.14. The quantitative estimate of drug-likeness (QED) is 0.688. The van der Waals surface area contributed by atoms with Gasteiger partial charge in [-0.05, 0) is 61.9 Å². The highest BCUT2D eigenvalue weighted by Crippen LogP contribution is 2.31. The van der Waals surface area contributed by atoms with Gasteiger partial charge in [-0.3, -0.25) is 0 Å². The standard InChI is InChI=1S/C16H22O/c1-6-9-14(7-2)16-12(4)10-15(17-8-3)11-13(16)5/h1,10-11,14H,7-9H2,2-5H3. The van der Waals surface area contributed by atoms with Crippen molar-refractivity contribution in [2.24, 2.45) is 0 Å². The van der Waals surface area contributed by atoms with Gasteiger partial charge in [0.25, 0.3) is 0 Å². The molecular weight excluding hydrogens is 208 g/mol. The normalized spacial score (nSPS) is 11.9. The summed E-state index contributed by atoms with van der Waals surface area (Å²) in [5, 5.41) is 0. The fourth-order valence-corrected chi connectivity index (χ4v) is 2.42. The minimum Gasteiger partial charge on any atom is -0.494 e. The van der Waals surface area contributed by atoms with Crippen molar-refractivity contribution in [2.75, 3.05) is 6.61 Å². The highest BCUT2D eigenvalue weighted by Gasteiger charge is 2.14. The van der Waals surface area contributed by atoms with Crippen LogP contribution in [0.4, 0.5) is 0 Å². The second-order valence-electron chi connectivity index (χ2n) is 4.42. The highest BCUT2D eigenvalue weighted by molar-refractivity contribution is 5.43. The van der Waals surface area contributed by atoms with Gasteiger partial charge in [-0.15, -0.1) is 12.3 Å². The molecule has 0 N–H and O–H groups in total. The van der Waals surface area contributed by atoms with Gasteiger partial charge in [0.1, 0.15) is 5.75 Å². The molecule has 0 spiro atoms. The van der Waals surface area contributed by atoms with Crippen LogP contribution in [0.25, 0.3) is 0 Å². The number of benzene rings is 1. The van der Waals surface area contributed by atoms with E-state index in [1.807, 2.05) is 6.92 Å². The van der Waals surface area contributed by atoms with Crippen molar-refractivity contribution in [2.45, 2.75) is 46.5 Å². The van der Waals surface area contributed by atoms with E-state index < -0.39 is 0 Å². The number of ether oxygens (including phenoxy) is 1. The van der Waals surface area contributed by atoms with Crippen molar-refractivity contribution in [1.29, 1.82) is 0 Å². The van der Waals surface area contributed by atoms with Gasteiger partial charge < -0.3 is 4.74 Å². The van der Waals surface area contributed by atoms with Gasteiger partial charge in [-0.1, -0.05) is 6.92 Å². The Hall–Kier alpha value is -1.42. The Morgan fingerprint density at radius 2 is 1.82 bits per heavy atom. The molecule has 0 aliphatic carbocycles. The van der Waals surface area contributed by atoms with Gasteiger partial charge in [0.2, 0.25) is 0 Å². The monoisotopic (exact) mass is 230 g/mol. The van der Waals surface area contributed by atoms with Crippen molar-refractivity contribution in [3.63, 3.8) is 0 Å². The average molecular weight is 230 g/mol. The molecule has 0 aliphatic rings. The number of aryl methyl sites for hydroxylation is 2. The smallest absolute Gasteiger partial charge is 0.119 e. The molecule has 0 aromatic heterocycles. The molecule has 0 aliphatic heterocycles. The number of terminal acetylenes is 1. The maximum atomic E-state index is 5.56. The zero-order valence-electron chi connectivity index (χ0n) is 11.3. The average Bonchev–Trinajstić information content (AvgIpc) is 2.27. The first-order valence-corrected chi connectivity index (χ1v) is 6.31. The van der Waals surface area contributed by atoms with Crippen LogP contribution in [0.3, 0.4) is 0 Å². The topological polar surface area (TPSA) is 9.23 Å². The minimum absolute atomic E-state index is 0.468. The first-order chi connectivity index (χ1) is 8.13. The van der Waals surface area contributed by atoms with Crippen LogP contribution in [0.15, 0.2) is 12.1 Å². The van der Waals surface area contributed by atoms with Crippen molar-refractivity contribution in [3.8, 4) is 18.1 Å². The lowest BCUT2D eigenvalue weighted by Crippen LogP contribution is -2.03. The van der Waals surface area contributed by atoms with Crippen molar-refractivity contribution >= 4 is 0 Å². The molecule has 1 rings (SSSR count). The second-order valence-corrected chi connectivity index (χ2v) is 4.42. The Kier molecular flexibility index (Phi) is 5.10. The largest absolute Gasteiger partial charge is 0.494 e. The molecule has 0 radical (unpaired) electrons. The molecule has 1 aromatic rings. The Morgan fingerprint density at radius 3 is 2.24 bits per heavy atom. The summed E-state index contributed by atoms with van der Waals surface area (Å²) in [6, 6.07) is 4.23. The van der Waals surface area contributed by atoms with E-state index in [2.05, 4.69) is 38.8 Å². The number of rotatable bonds is 5. The number of hydrogen-bond acceptors (Lipinski definition) is 1. The molecule has 1 unspecified atom stereocenters. The first kappa shape index (κ1) is 13.6. The summed E-state index contributed by atoms with van der Waals surface area (Å²) in [5.74, 6) is 4.21. The van der Waals surface area contributed by atoms with E-state index in [9.17, 15) is 0 Å². The SMILES string of the molecule is C#CCC(CC)c1c(C)cc(OCC)cc1C. The van der Waals surface area contributed by atoms with E-state index in [-0.39, 0.29) is 0 Å². The van der Waals surface area contributed by atoms with Crippen LogP contribution in [0.1, 0.15) is 49.3 Å². The molecule has 17 heavy (non-hydrogen) atoms. The molecule has 1 atom stereocenters. The van der Waals surface area contributed by atoms with Gasteiger partial charge in [-0.2, -0.15) is 0 Å². The van der Waals surface area contributed by atoms with Gasteiger partial charge in [0.15, 0.2) is 0 Å². The lowest BCUT2D eigenvalue weighted by molar-refractivity contribution is 0.339. The lowest BCUT2D eigenvalue weighted by atomic mass is 9.87. The summed E-state index contributed by atoms with van der Waals surface area (Å²) in [4.78, 5) is 0. The molecule has 1 aromatic carbocycles. The molecular formula is C16H22O. The number of hydrogen-bond donors (Lipinski definition) is 0. The van der Waals surface area contributed by atoms with Crippen LogP contribution in [0.5, 0.6) is 5.75 Å². The molecule has 0 amide bonds. The maximum Gasteiger partial charge on any atom is 0.119 e. The van der Waals surface area contributed by atoms with E-state index >= 15 is 0 Å². The lowest BCUT2D eigenvalue weighted by Gasteiger charge is -2.19. The second kappa shape index (κ2) is 6.35. The summed E-state index contributed by atoms with van der Waals surface area (Å²) in [5.41, 5.74) is 3.97. The van der Waals surface area contributed by atoms with Crippen molar-refractivity contribution in [1.82, 2.24) is 0 Å². The Balaban J connectivity index is 3.12. The van der Waals surface area contributed by atoms with E-state index in [0.717, 1.165) is 18.6 Å². The van der Waals surface area contributed by atoms with Gasteiger partial charge >= 0.3 is 0 Å². The molecule has 1 heteroatoms. The van der Waals surface area contributed by atoms with E-state index in [0.29, 0.717) is 12.5 Å². The van der Waals surface area contributed by atoms with Crippen LogP contribution in [0.2, 0.25) is 0 Å². The van der Waals surface area contributed by atoms with E-state index in [1.54, 1.807) is 0 Å². The van der Waals surface area contributed by atoms with Crippen LogP contribution < -0.4 is 4.74 Å². The van der Waals surface area contributed by atoms with Gasteiger partial charge in [0.05, 0.1) is 6.61 Å². The van der Waals surface area contributed by atoms with E-state index in [4.69, 9.17) is 11.2 Å². The third-order valence-electron chi connectivity index (χ3n) is 3.14. The third kappa shape index (κ3) is 3.27. The summed E-state index contributed by atoms with van der Waals surface area (Å²) in [6.07, 6.45) is 7.34. The zero-order valence-corrected chi connectivity index (χ0v) is 11.3. The fraction of sp³-hybridized carbons (Fsp3) is 0.500. The first-order valence-electron chi connectivity index (χ1n) is 6.31. The van der Waals surface area contributed by atoms with Crippen LogP contribution in [-0.4, -0.2) is 6.61 Å². The molecule has 0 saturated heterocycles. The Bertz CT molecular complexity index is 389. The molecule has 0 heterocycles. The molecule has 92 valence electrons. The summed E-state index contributed by atoms with van der Waals surface area (Å²) in [6.45, 7) is 9.19. The predicted octanol–water partition coefficient (Wildman–Crippen LogP) is 4.22. The predicted molar refractivity (Wildman–Crippen MR) is 73.6 cm³/mol. The minimum atomic E-state index is 0.468. The molecule has 0 saturated carbocycles. The van der Waals surface area contributed by atoms with Gasteiger partial charge in [-0.25, -0.2) is 0 Å². The summed E-state index contributed by atoms with van der Waals surface area (Å²) >= 11 is 0. The van der Waals surface area contributed by atoms with Crippen LogP contribution in [0, 0.1) is 26.2 Å². The summed E-state index contributed by atoms with van der Waals surface area (Å²) < 4.78 is 5.56. The maximum absolute atomic E-state index is 5.56. The summed E-state index contributed by atoms with van der Waals surface area (Å²) in [7, 11) is 0. The molecule has 0 fully saturated rings. The molecule has 0 bridgehead atoms.